The van der Waals surface area contributed by atoms with E-state index in [1.54, 1.807) is 12.1 Å². The molecule has 0 radical (unpaired) electrons. The lowest BCUT2D eigenvalue weighted by Gasteiger charge is -2.27. The lowest BCUT2D eigenvalue weighted by Crippen LogP contribution is -2.30. The Bertz CT molecular complexity index is 297. The second kappa shape index (κ2) is 20.7. The van der Waals surface area contributed by atoms with Gasteiger partial charge < -0.3 is 0 Å². The summed E-state index contributed by atoms with van der Waals surface area (Å²) in [7, 11) is -1.12. The van der Waals surface area contributed by atoms with Crippen LogP contribution in [0.3, 0.4) is 0 Å². The van der Waals surface area contributed by atoms with Gasteiger partial charge in [0.2, 0.25) is 0 Å². The first-order valence-corrected chi connectivity index (χ1v) is 15.6. The molecule has 0 aromatic carbocycles. The Morgan fingerprint density at radius 2 is 0.889 bits per heavy atom. The van der Waals surface area contributed by atoms with Gasteiger partial charge in [-0.05, 0) is 12.8 Å². The monoisotopic (exact) mass is 394 g/mol. The summed E-state index contributed by atoms with van der Waals surface area (Å²) in [6.45, 7) is 9.47. The predicted octanol–water partition coefficient (Wildman–Crippen LogP) is 10.2. The molecule has 0 spiro atoms. The van der Waals surface area contributed by atoms with Crippen molar-refractivity contribution in [1.82, 2.24) is 0 Å². The fraction of sp³-hybridized carbons (Fsp3) is 0.923. The largest absolute Gasteiger partial charge is 0.0981 e. The van der Waals surface area contributed by atoms with Crippen LogP contribution in [0.4, 0.5) is 0 Å². The smallest absolute Gasteiger partial charge is 0.0771 e. The molecule has 0 aliphatic carbocycles. The molecule has 0 aromatic rings. The van der Waals surface area contributed by atoms with Gasteiger partial charge in [0.05, 0.1) is 8.07 Å². The Kier molecular flexibility index (Phi) is 20.7. The van der Waals surface area contributed by atoms with Crippen molar-refractivity contribution in [3.63, 3.8) is 0 Å². The molecule has 0 heterocycles. The molecule has 0 N–H and O–H groups in total. The van der Waals surface area contributed by atoms with Crippen LogP contribution in [0.5, 0.6) is 0 Å². The fourth-order valence-corrected chi connectivity index (χ4v) is 8.40. The molecule has 0 amide bonds. The summed E-state index contributed by atoms with van der Waals surface area (Å²) in [5, 5.41) is 0. The van der Waals surface area contributed by atoms with Gasteiger partial charge in [-0.3, -0.25) is 0 Å². The molecule has 0 bridgehead atoms. The van der Waals surface area contributed by atoms with Crippen molar-refractivity contribution in [1.29, 1.82) is 0 Å². The lowest BCUT2D eigenvalue weighted by atomic mass is 10.1. The summed E-state index contributed by atoms with van der Waals surface area (Å²) in [5.74, 6) is 0. The van der Waals surface area contributed by atoms with Gasteiger partial charge in [0, 0.05) is 0 Å². The molecule has 0 fully saturated rings. The van der Waals surface area contributed by atoms with Crippen LogP contribution in [0.25, 0.3) is 0 Å². The average Bonchev–Trinajstić information content (AvgIpc) is 2.68. The molecule has 27 heavy (non-hydrogen) atoms. The maximum Gasteiger partial charge on any atom is 0.0771 e. The predicted molar refractivity (Wildman–Crippen MR) is 131 cm³/mol. The van der Waals surface area contributed by atoms with E-state index in [4.69, 9.17) is 0 Å². The van der Waals surface area contributed by atoms with Crippen molar-refractivity contribution in [2.75, 3.05) is 0 Å². The van der Waals surface area contributed by atoms with E-state index in [0.29, 0.717) is 0 Å². The van der Waals surface area contributed by atoms with Crippen LogP contribution >= 0.6 is 0 Å². The second-order valence-corrected chi connectivity index (χ2v) is 13.8. The number of rotatable bonds is 21. The van der Waals surface area contributed by atoms with Gasteiger partial charge in [-0.1, -0.05) is 154 Å². The molecule has 1 heteroatoms. The van der Waals surface area contributed by atoms with E-state index in [9.17, 15) is 0 Å². The van der Waals surface area contributed by atoms with Gasteiger partial charge in [-0.25, -0.2) is 0 Å². The summed E-state index contributed by atoms with van der Waals surface area (Å²) in [5.41, 5.74) is 2.78. The van der Waals surface area contributed by atoms with Gasteiger partial charge in [0.25, 0.3) is 0 Å². The van der Waals surface area contributed by atoms with E-state index in [1.807, 2.05) is 0 Å². The first kappa shape index (κ1) is 27.0. The lowest BCUT2D eigenvalue weighted by molar-refractivity contribution is 0.557. The Morgan fingerprint density at radius 1 is 0.481 bits per heavy atom. The van der Waals surface area contributed by atoms with E-state index in [2.05, 4.69) is 39.5 Å². The minimum atomic E-state index is -1.12. The molecule has 0 aliphatic rings. The second-order valence-electron chi connectivity index (χ2n) is 9.00. The first-order chi connectivity index (χ1) is 13.2. The van der Waals surface area contributed by atoms with Crippen LogP contribution in [0, 0.1) is 0 Å². The third kappa shape index (κ3) is 16.6. The number of allylic oxidation sites excluding steroid dienone is 1. The minimum Gasteiger partial charge on any atom is -0.0981 e. The van der Waals surface area contributed by atoms with Crippen molar-refractivity contribution in [2.45, 2.75) is 155 Å². The van der Waals surface area contributed by atoms with Crippen LogP contribution in [0.2, 0.25) is 18.1 Å². The van der Waals surface area contributed by atoms with Crippen molar-refractivity contribution in [2.24, 2.45) is 0 Å². The van der Waals surface area contributed by atoms with Crippen molar-refractivity contribution >= 4 is 8.07 Å². The van der Waals surface area contributed by atoms with E-state index >= 15 is 0 Å². The van der Waals surface area contributed by atoms with Crippen molar-refractivity contribution < 1.29 is 0 Å². The molecular weight excluding hydrogens is 340 g/mol. The van der Waals surface area contributed by atoms with Crippen LogP contribution in [0.1, 0.15) is 137 Å². The molecule has 162 valence electrons. The molecule has 0 saturated heterocycles. The summed E-state index contributed by atoms with van der Waals surface area (Å²) in [6.07, 6.45) is 27.0. The van der Waals surface area contributed by atoms with Crippen molar-refractivity contribution in [3.05, 3.63) is 11.8 Å². The summed E-state index contributed by atoms with van der Waals surface area (Å²) >= 11 is 0. The highest BCUT2D eigenvalue weighted by atomic mass is 28.3. The molecule has 0 saturated carbocycles. The molecule has 0 nitrogen and oxygen atoms in total. The molecule has 0 unspecified atom stereocenters. The van der Waals surface area contributed by atoms with Crippen LogP contribution < -0.4 is 0 Å². The minimum absolute atomic E-state index is 1.12. The highest BCUT2D eigenvalue weighted by molar-refractivity contribution is 6.84. The standard InChI is InChI=1S/C26H54Si/c1-5-9-12-13-14-15-16-17-18-19-20-23-26-27(8-4,24-21-10-6-2)25-22-11-7-3/h23,26H,5-22,24-25H2,1-4H3/b26-23+. The maximum atomic E-state index is 2.78. The Hall–Kier alpha value is -0.0431. The Labute approximate surface area is 175 Å². The SMILES string of the molecule is CCCCCCCCCCCC/C=C/[Si](CC)(CCCCC)CCCCC. The van der Waals surface area contributed by atoms with Crippen LogP contribution in [0.15, 0.2) is 11.8 Å². The zero-order valence-corrected chi connectivity index (χ0v) is 20.8. The van der Waals surface area contributed by atoms with E-state index in [1.165, 1.54) is 115 Å². The summed E-state index contributed by atoms with van der Waals surface area (Å²) in [4.78, 5) is 0. The van der Waals surface area contributed by atoms with Crippen molar-refractivity contribution in [3.8, 4) is 0 Å². The quantitative estimate of drug-likeness (QED) is 0.134. The van der Waals surface area contributed by atoms with Crippen LogP contribution in [-0.4, -0.2) is 8.07 Å². The topological polar surface area (TPSA) is 0 Å². The third-order valence-corrected chi connectivity index (χ3v) is 11.5. The zero-order valence-electron chi connectivity index (χ0n) is 19.8. The summed E-state index contributed by atoms with van der Waals surface area (Å²) < 4.78 is 0. The van der Waals surface area contributed by atoms with Gasteiger partial charge in [-0.15, -0.1) is 0 Å². The highest BCUT2D eigenvalue weighted by Crippen LogP contribution is 2.28. The molecule has 0 atom stereocenters. The van der Waals surface area contributed by atoms with Crippen LogP contribution in [-0.2, 0) is 0 Å². The Morgan fingerprint density at radius 3 is 1.33 bits per heavy atom. The normalized spacial score (nSPS) is 12.3. The third-order valence-electron chi connectivity index (χ3n) is 6.46. The average molecular weight is 395 g/mol. The van der Waals surface area contributed by atoms with E-state index in [0.717, 1.165) is 0 Å². The summed E-state index contributed by atoms with van der Waals surface area (Å²) in [6, 6.07) is 4.57. The van der Waals surface area contributed by atoms with E-state index in [-0.39, 0.29) is 0 Å². The van der Waals surface area contributed by atoms with Gasteiger partial charge in [0.15, 0.2) is 0 Å². The molecule has 0 rings (SSSR count). The van der Waals surface area contributed by atoms with Gasteiger partial charge in [0.1, 0.15) is 0 Å². The molecule has 0 aliphatic heterocycles. The van der Waals surface area contributed by atoms with Gasteiger partial charge in [-0.2, -0.15) is 0 Å². The number of hydrogen-bond donors (Lipinski definition) is 0. The maximum absolute atomic E-state index is 2.78. The van der Waals surface area contributed by atoms with E-state index < -0.39 is 8.07 Å². The highest BCUT2D eigenvalue weighted by Gasteiger charge is 2.26. The molecular formula is C26H54Si. The first-order valence-electron chi connectivity index (χ1n) is 12.9. The zero-order chi connectivity index (χ0) is 20.1. The Balaban J connectivity index is 3.96. The molecule has 0 aromatic heterocycles. The van der Waals surface area contributed by atoms with Gasteiger partial charge >= 0.3 is 0 Å². The number of hydrogen-bond acceptors (Lipinski definition) is 0. The fourth-order valence-electron chi connectivity index (χ4n) is 4.30. The number of unbranched alkanes of at least 4 members (excludes halogenated alkanes) is 14.